The number of ether oxygens (including phenoxy) is 2. The molecule has 3 heterocycles. The van der Waals surface area contributed by atoms with E-state index in [4.69, 9.17) is 26.1 Å². The Morgan fingerprint density at radius 3 is 2.33 bits per heavy atom. The van der Waals surface area contributed by atoms with Crippen LogP contribution in [0.25, 0.3) is 11.3 Å². The molecule has 2 atom stereocenters. The smallest absolute Gasteiger partial charge is 0.174 e. The third kappa shape index (κ3) is 5.17. The molecule has 6 nitrogen and oxygen atoms in total. The Labute approximate surface area is 244 Å². The predicted molar refractivity (Wildman–Crippen MR) is 159 cm³/mol. The minimum Gasteiger partial charge on any atom is -0.497 e. The average molecular weight is 617 g/mol. The van der Waals surface area contributed by atoms with Crippen molar-refractivity contribution in [3.63, 3.8) is 0 Å². The van der Waals surface area contributed by atoms with Gasteiger partial charge in [-0.2, -0.15) is 0 Å². The van der Waals surface area contributed by atoms with Crippen molar-refractivity contribution in [3.8, 4) is 28.6 Å². The van der Waals surface area contributed by atoms with E-state index in [2.05, 4.69) is 26.2 Å². The van der Waals surface area contributed by atoms with Gasteiger partial charge in [0.1, 0.15) is 40.6 Å². The van der Waals surface area contributed by atoms with Crippen LogP contribution in [0.5, 0.6) is 17.2 Å². The Kier molecular flexibility index (Phi) is 7.23. The summed E-state index contributed by atoms with van der Waals surface area (Å²) >= 11 is 9.28. The summed E-state index contributed by atoms with van der Waals surface area (Å²) in [6.45, 7) is 0. The van der Waals surface area contributed by atoms with Gasteiger partial charge in [-0.15, -0.1) is 0 Å². The quantitative estimate of drug-likeness (QED) is 0.185. The molecule has 1 fully saturated rings. The molecule has 2 aromatic heterocycles. The summed E-state index contributed by atoms with van der Waals surface area (Å²) in [6, 6.07) is 28.6. The molecule has 9 heteroatoms. The van der Waals surface area contributed by atoms with Crippen LogP contribution >= 0.6 is 28.1 Å². The van der Waals surface area contributed by atoms with Crippen molar-refractivity contribution in [3.05, 3.63) is 125 Å². The minimum atomic E-state index is -0.330. The van der Waals surface area contributed by atoms with E-state index in [9.17, 15) is 4.39 Å². The van der Waals surface area contributed by atoms with Crippen LogP contribution in [0.3, 0.4) is 0 Å². The molecule has 0 bridgehead atoms. The van der Waals surface area contributed by atoms with Crippen LogP contribution in [0.1, 0.15) is 23.5 Å². The molecule has 0 amide bonds. The number of methoxy groups -OCH3 is 1. The van der Waals surface area contributed by atoms with Crippen LogP contribution in [0.4, 0.5) is 10.1 Å². The van der Waals surface area contributed by atoms with Crippen molar-refractivity contribution < 1.29 is 18.3 Å². The van der Waals surface area contributed by atoms with E-state index < -0.39 is 0 Å². The van der Waals surface area contributed by atoms with Gasteiger partial charge < -0.3 is 24.1 Å². The lowest BCUT2D eigenvalue weighted by Crippen LogP contribution is -2.29. The topological polar surface area (TPSA) is 59.8 Å². The summed E-state index contributed by atoms with van der Waals surface area (Å²) < 4.78 is 31.9. The predicted octanol–water partition coefficient (Wildman–Crippen LogP) is 8.22. The second-order valence-electron chi connectivity index (χ2n) is 9.09. The molecular formula is C31H23BrFN3O3S. The van der Waals surface area contributed by atoms with Gasteiger partial charge in [0.2, 0.25) is 0 Å². The summed E-state index contributed by atoms with van der Waals surface area (Å²) in [6.07, 6.45) is 1.76. The molecule has 0 spiro atoms. The summed E-state index contributed by atoms with van der Waals surface area (Å²) in [5, 5.41) is 3.98. The highest BCUT2D eigenvalue weighted by Gasteiger charge is 2.42. The molecule has 0 radical (unpaired) electrons. The second kappa shape index (κ2) is 11.1. The standard InChI is InChI=1S/C31H23BrFN3O3S/c1-37-21-10-12-23(13-11-21)38-22-8-6-20(7-9-22)36-30(29(35-31(36)40)26-4-2-3-17-34-26)28-16-15-27(39-28)24-14-5-19(33)18-25(24)32/h2-18,29-30H,1H3,(H,35,40). The summed E-state index contributed by atoms with van der Waals surface area (Å²) in [7, 11) is 1.63. The van der Waals surface area contributed by atoms with Gasteiger partial charge in [-0.05, 0) is 119 Å². The van der Waals surface area contributed by atoms with Crippen molar-refractivity contribution in [2.24, 2.45) is 0 Å². The van der Waals surface area contributed by atoms with Gasteiger partial charge in [0.25, 0.3) is 0 Å². The second-order valence-corrected chi connectivity index (χ2v) is 10.3. The third-order valence-electron chi connectivity index (χ3n) is 6.62. The first-order valence-electron chi connectivity index (χ1n) is 12.5. The molecule has 6 rings (SSSR count). The van der Waals surface area contributed by atoms with E-state index >= 15 is 0 Å². The molecular weight excluding hydrogens is 593 g/mol. The van der Waals surface area contributed by atoms with E-state index in [-0.39, 0.29) is 17.9 Å². The van der Waals surface area contributed by atoms with E-state index in [1.807, 2.05) is 83.8 Å². The van der Waals surface area contributed by atoms with Crippen LogP contribution in [0.2, 0.25) is 0 Å². The van der Waals surface area contributed by atoms with E-state index in [1.54, 1.807) is 19.4 Å². The zero-order valence-electron chi connectivity index (χ0n) is 21.3. The largest absolute Gasteiger partial charge is 0.497 e. The number of benzene rings is 3. The Morgan fingerprint density at radius 2 is 1.65 bits per heavy atom. The normalized spacial score (nSPS) is 16.6. The highest BCUT2D eigenvalue weighted by atomic mass is 79.9. The Morgan fingerprint density at radius 1 is 0.925 bits per heavy atom. The fourth-order valence-electron chi connectivity index (χ4n) is 4.72. The molecule has 3 aromatic carbocycles. The molecule has 0 saturated carbocycles. The number of anilines is 1. The van der Waals surface area contributed by atoms with Crippen LogP contribution in [0.15, 0.2) is 112 Å². The van der Waals surface area contributed by atoms with Gasteiger partial charge in [0.05, 0.1) is 18.8 Å². The maximum Gasteiger partial charge on any atom is 0.174 e. The van der Waals surface area contributed by atoms with Crippen molar-refractivity contribution >= 4 is 38.9 Å². The number of furan rings is 1. The number of thiocarbonyl (C=S) groups is 1. The average Bonchev–Trinajstić information content (AvgIpc) is 3.59. The lowest BCUT2D eigenvalue weighted by Gasteiger charge is -2.26. The molecule has 1 aliphatic heterocycles. The Hall–Kier alpha value is -4.21. The number of nitrogens with one attached hydrogen (secondary N) is 1. The fourth-order valence-corrected chi connectivity index (χ4v) is 5.61. The first-order chi connectivity index (χ1) is 19.5. The third-order valence-corrected chi connectivity index (χ3v) is 7.59. The zero-order chi connectivity index (χ0) is 27.6. The molecule has 5 aromatic rings. The van der Waals surface area contributed by atoms with Gasteiger partial charge >= 0.3 is 0 Å². The van der Waals surface area contributed by atoms with Gasteiger partial charge in [0, 0.05) is 21.9 Å². The zero-order valence-corrected chi connectivity index (χ0v) is 23.7. The molecule has 40 heavy (non-hydrogen) atoms. The highest BCUT2D eigenvalue weighted by molar-refractivity contribution is 9.10. The number of hydrogen-bond acceptors (Lipinski definition) is 5. The number of halogens is 2. The number of rotatable bonds is 7. The lowest BCUT2D eigenvalue weighted by atomic mass is 10.0. The minimum absolute atomic E-state index is 0.264. The van der Waals surface area contributed by atoms with Crippen LogP contribution in [-0.4, -0.2) is 17.2 Å². The van der Waals surface area contributed by atoms with Crippen LogP contribution < -0.4 is 19.7 Å². The first kappa shape index (κ1) is 26.0. The summed E-state index contributed by atoms with van der Waals surface area (Å²) in [5.74, 6) is 3.13. The Balaban J connectivity index is 1.33. The molecule has 0 aliphatic carbocycles. The molecule has 1 N–H and O–H groups in total. The molecule has 200 valence electrons. The van der Waals surface area contributed by atoms with Gasteiger partial charge in [-0.25, -0.2) is 4.39 Å². The van der Waals surface area contributed by atoms with Crippen LogP contribution in [-0.2, 0) is 0 Å². The van der Waals surface area contributed by atoms with E-state index in [0.717, 1.165) is 22.7 Å². The summed E-state index contributed by atoms with van der Waals surface area (Å²) in [4.78, 5) is 6.61. The number of hydrogen-bond donors (Lipinski definition) is 1. The van der Waals surface area contributed by atoms with Crippen LogP contribution in [0, 0.1) is 5.82 Å². The lowest BCUT2D eigenvalue weighted by molar-refractivity contribution is 0.413. The number of aromatic nitrogens is 1. The first-order valence-corrected chi connectivity index (χ1v) is 13.7. The SMILES string of the molecule is COc1ccc(Oc2ccc(N3C(=S)NC(c4ccccn4)C3c3ccc(-c4ccc(F)cc4Br)o3)cc2)cc1. The fraction of sp³-hybridized carbons (Fsp3) is 0.0968. The van der Waals surface area contributed by atoms with Gasteiger partial charge in [0.15, 0.2) is 5.11 Å². The maximum absolute atomic E-state index is 13.7. The van der Waals surface area contributed by atoms with Crippen molar-refractivity contribution in [2.75, 3.05) is 12.0 Å². The van der Waals surface area contributed by atoms with E-state index in [1.165, 1.54) is 12.1 Å². The highest BCUT2D eigenvalue weighted by Crippen LogP contribution is 2.44. The molecule has 1 aliphatic rings. The number of pyridine rings is 1. The monoisotopic (exact) mass is 615 g/mol. The van der Waals surface area contributed by atoms with Gasteiger partial charge in [-0.3, -0.25) is 4.98 Å². The number of nitrogens with zero attached hydrogens (tertiary/aromatic N) is 2. The van der Waals surface area contributed by atoms with Crippen molar-refractivity contribution in [2.45, 2.75) is 12.1 Å². The van der Waals surface area contributed by atoms with Crippen molar-refractivity contribution in [1.29, 1.82) is 0 Å². The van der Waals surface area contributed by atoms with Gasteiger partial charge in [-0.1, -0.05) is 6.07 Å². The van der Waals surface area contributed by atoms with E-state index in [0.29, 0.717) is 32.6 Å². The maximum atomic E-state index is 13.7. The summed E-state index contributed by atoms with van der Waals surface area (Å²) in [5.41, 5.74) is 2.45. The molecule has 1 saturated heterocycles. The van der Waals surface area contributed by atoms with Crippen molar-refractivity contribution in [1.82, 2.24) is 10.3 Å². The molecule has 2 unspecified atom stereocenters. The Bertz CT molecular complexity index is 1650.